The van der Waals surface area contributed by atoms with E-state index in [1.165, 1.54) is 6.07 Å². The predicted octanol–water partition coefficient (Wildman–Crippen LogP) is 4.42. The molecule has 0 saturated carbocycles. The minimum absolute atomic E-state index is 0.110. The van der Waals surface area contributed by atoms with E-state index in [1.54, 1.807) is 0 Å². The zero-order valence-electron chi connectivity index (χ0n) is 11.4. The van der Waals surface area contributed by atoms with Crippen molar-refractivity contribution in [3.05, 3.63) is 47.2 Å². The van der Waals surface area contributed by atoms with Gasteiger partial charge in [-0.25, -0.2) is 8.78 Å². The maximum Gasteiger partial charge on any atom is 0.147 e. The number of aromatic amines is 1. The summed E-state index contributed by atoms with van der Waals surface area (Å²) < 4.78 is 33.6. The van der Waals surface area contributed by atoms with E-state index >= 15 is 0 Å². The van der Waals surface area contributed by atoms with Gasteiger partial charge in [-0.05, 0) is 43.9 Å². The Bertz CT molecular complexity index is 660. The van der Waals surface area contributed by atoms with Gasteiger partial charge in [-0.1, -0.05) is 12.2 Å². The van der Waals surface area contributed by atoms with Crippen LogP contribution in [0, 0.1) is 11.6 Å². The number of H-pyrrole nitrogens is 1. The first kappa shape index (κ1) is 13.3. The Labute approximate surface area is 116 Å². The van der Waals surface area contributed by atoms with Gasteiger partial charge in [-0.3, -0.25) is 0 Å². The van der Waals surface area contributed by atoms with E-state index in [2.05, 4.69) is 11.1 Å². The number of hydrogen-bond donors (Lipinski definition) is 1. The van der Waals surface area contributed by atoms with Gasteiger partial charge in [0.15, 0.2) is 0 Å². The summed E-state index contributed by atoms with van der Waals surface area (Å²) in [6.45, 7) is 2.53. The van der Waals surface area contributed by atoms with E-state index in [1.807, 2.05) is 13.0 Å². The second kappa shape index (κ2) is 5.37. The summed E-state index contributed by atoms with van der Waals surface area (Å²) in [6, 6.07) is 2.35. The monoisotopic (exact) mass is 277 g/mol. The van der Waals surface area contributed by atoms with Crippen molar-refractivity contribution in [3.8, 4) is 0 Å². The molecule has 1 aliphatic heterocycles. The summed E-state index contributed by atoms with van der Waals surface area (Å²) in [5, 5.41) is 0.388. The molecule has 0 radical (unpaired) electrons. The van der Waals surface area contributed by atoms with Crippen LogP contribution in [0.2, 0.25) is 0 Å². The Hall–Kier alpha value is -1.68. The number of nitrogens with one attached hydrogen (secondary N) is 1. The minimum Gasteiger partial charge on any atom is -0.372 e. The second-order valence-corrected chi connectivity index (χ2v) is 5.05. The quantitative estimate of drug-likeness (QED) is 0.826. The fourth-order valence-electron chi connectivity index (χ4n) is 2.88. The fraction of sp³-hybridized carbons (Fsp3) is 0.375. The van der Waals surface area contributed by atoms with E-state index in [0.29, 0.717) is 18.4 Å². The first-order valence-corrected chi connectivity index (χ1v) is 6.93. The van der Waals surface area contributed by atoms with Crippen molar-refractivity contribution in [2.75, 3.05) is 6.61 Å². The van der Waals surface area contributed by atoms with Gasteiger partial charge in [0.25, 0.3) is 0 Å². The number of benzene rings is 1. The molecule has 1 atom stereocenters. The Morgan fingerprint density at radius 1 is 1.35 bits per heavy atom. The maximum absolute atomic E-state index is 14.0. The highest BCUT2D eigenvalue weighted by Crippen LogP contribution is 2.36. The van der Waals surface area contributed by atoms with Gasteiger partial charge in [0.2, 0.25) is 0 Å². The van der Waals surface area contributed by atoms with Crippen molar-refractivity contribution in [2.45, 2.75) is 32.3 Å². The van der Waals surface area contributed by atoms with Gasteiger partial charge >= 0.3 is 0 Å². The minimum atomic E-state index is -0.414. The average molecular weight is 277 g/mol. The lowest BCUT2D eigenvalue weighted by Crippen LogP contribution is -2.15. The van der Waals surface area contributed by atoms with Gasteiger partial charge in [0.05, 0.1) is 18.2 Å². The molecule has 2 aromatic rings. The molecule has 0 amide bonds. The van der Waals surface area contributed by atoms with Crippen molar-refractivity contribution >= 4 is 10.9 Å². The number of allylic oxidation sites excluding steroid dienone is 2. The lowest BCUT2D eigenvalue weighted by molar-refractivity contribution is 0.0350. The SMILES string of the molecule is C/C=C/CCC1OCCc2c1[nH]c1c(F)ccc(F)c21. The molecular weight excluding hydrogens is 260 g/mol. The van der Waals surface area contributed by atoms with E-state index in [9.17, 15) is 8.78 Å². The highest BCUT2D eigenvalue weighted by atomic mass is 19.1. The molecule has 0 fully saturated rings. The number of aromatic nitrogens is 1. The molecule has 2 nitrogen and oxygen atoms in total. The van der Waals surface area contributed by atoms with Crippen molar-refractivity contribution in [2.24, 2.45) is 0 Å². The molecule has 1 N–H and O–H groups in total. The van der Waals surface area contributed by atoms with Gasteiger partial charge in [-0.2, -0.15) is 0 Å². The standard InChI is InChI=1S/C16H17F2NO/c1-2-3-4-5-13-15-10(8-9-20-13)14-11(17)6-7-12(18)16(14)19-15/h2-3,6-7,13,19H,4-5,8-9H2,1H3/b3-2+. The van der Waals surface area contributed by atoms with Crippen LogP contribution in [0.4, 0.5) is 8.78 Å². The molecule has 106 valence electrons. The molecule has 3 rings (SSSR count). The molecular formula is C16H17F2NO. The van der Waals surface area contributed by atoms with Crippen LogP contribution in [0.15, 0.2) is 24.3 Å². The number of rotatable bonds is 3. The van der Waals surface area contributed by atoms with Gasteiger partial charge in [0.1, 0.15) is 11.6 Å². The molecule has 1 aliphatic rings. The summed E-state index contributed by atoms with van der Waals surface area (Å²) in [5.41, 5.74) is 1.96. The van der Waals surface area contributed by atoms with Crippen LogP contribution < -0.4 is 0 Å². The third kappa shape index (κ3) is 2.14. The van der Waals surface area contributed by atoms with E-state index in [0.717, 1.165) is 30.2 Å². The summed E-state index contributed by atoms with van der Waals surface area (Å²) >= 11 is 0. The lowest BCUT2D eigenvalue weighted by atomic mass is 9.99. The van der Waals surface area contributed by atoms with Crippen LogP contribution in [-0.2, 0) is 11.2 Å². The van der Waals surface area contributed by atoms with Crippen LogP contribution in [0.3, 0.4) is 0 Å². The maximum atomic E-state index is 14.0. The number of ether oxygens (including phenoxy) is 1. The van der Waals surface area contributed by atoms with Gasteiger partial charge in [0, 0.05) is 11.1 Å². The largest absolute Gasteiger partial charge is 0.372 e. The van der Waals surface area contributed by atoms with Crippen LogP contribution in [0.5, 0.6) is 0 Å². The van der Waals surface area contributed by atoms with Crippen molar-refractivity contribution in [1.82, 2.24) is 4.98 Å². The topological polar surface area (TPSA) is 25.0 Å². The third-order valence-corrected chi connectivity index (χ3v) is 3.81. The Morgan fingerprint density at radius 3 is 2.95 bits per heavy atom. The molecule has 2 heterocycles. The zero-order valence-corrected chi connectivity index (χ0v) is 11.4. The normalized spacial score (nSPS) is 18.9. The van der Waals surface area contributed by atoms with Gasteiger partial charge in [-0.15, -0.1) is 0 Å². The third-order valence-electron chi connectivity index (χ3n) is 3.81. The highest BCUT2D eigenvalue weighted by molar-refractivity contribution is 5.86. The first-order chi connectivity index (χ1) is 9.72. The Kier molecular flexibility index (Phi) is 3.57. The lowest BCUT2D eigenvalue weighted by Gasteiger charge is -2.23. The highest BCUT2D eigenvalue weighted by Gasteiger charge is 2.26. The summed E-state index contributed by atoms with van der Waals surface area (Å²) in [6.07, 6.45) is 6.28. The van der Waals surface area contributed by atoms with Crippen molar-refractivity contribution in [1.29, 1.82) is 0 Å². The summed E-state index contributed by atoms with van der Waals surface area (Å²) in [4.78, 5) is 3.04. The number of fused-ring (bicyclic) bond motifs is 3. The molecule has 4 heteroatoms. The molecule has 0 bridgehead atoms. The summed E-state index contributed by atoms with van der Waals surface area (Å²) in [7, 11) is 0. The molecule has 20 heavy (non-hydrogen) atoms. The molecule has 0 spiro atoms. The van der Waals surface area contributed by atoms with Crippen LogP contribution in [0.25, 0.3) is 10.9 Å². The average Bonchev–Trinajstić information content (AvgIpc) is 2.85. The number of halogens is 2. The first-order valence-electron chi connectivity index (χ1n) is 6.93. The van der Waals surface area contributed by atoms with Crippen molar-refractivity contribution in [3.63, 3.8) is 0 Å². The van der Waals surface area contributed by atoms with Crippen LogP contribution in [-0.4, -0.2) is 11.6 Å². The van der Waals surface area contributed by atoms with Crippen molar-refractivity contribution < 1.29 is 13.5 Å². The molecule has 1 aromatic heterocycles. The number of hydrogen-bond acceptors (Lipinski definition) is 1. The Balaban J connectivity index is 2.06. The second-order valence-electron chi connectivity index (χ2n) is 5.05. The fourth-order valence-corrected chi connectivity index (χ4v) is 2.88. The van der Waals surface area contributed by atoms with Crippen LogP contribution in [0.1, 0.15) is 37.1 Å². The van der Waals surface area contributed by atoms with E-state index < -0.39 is 5.82 Å². The molecule has 0 saturated heterocycles. The zero-order chi connectivity index (χ0) is 14.1. The van der Waals surface area contributed by atoms with E-state index in [4.69, 9.17) is 4.74 Å². The predicted molar refractivity (Wildman–Crippen MR) is 74.7 cm³/mol. The smallest absolute Gasteiger partial charge is 0.147 e. The summed E-state index contributed by atoms with van der Waals surface area (Å²) in [5.74, 6) is -0.781. The van der Waals surface area contributed by atoms with E-state index in [-0.39, 0.29) is 17.4 Å². The Morgan fingerprint density at radius 2 is 2.15 bits per heavy atom. The molecule has 0 aliphatic carbocycles. The van der Waals surface area contributed by atoms with Gasteiger partial charge < -0.3 is 9.72 Å². The van der Waals surface area contributed by atoms with Crippen LogP contribution >= 0.6 is 0 Å². The molecule has 1 unspecified atom stereocenters. The molecule has 1 aromatic carbocycles.